The Labute approximate surface area is 52.6 Å². The summed E-state index contributed by atoms with van der Waals surface area (Å²) in [5.74, 6) is -0.373. The van der Waals surface area contributed by atoms with Crippen molar-refractivity contribution in [3.63, 3.8) is 0 Å². The first-order chi connectivity index (χ1) is 4.13. The molecule has 0 saturated carbocycles. The molecule has 0 unspecified atom stereocenters. The quantitative estimate of drug-likeness (QED) is 0.450. The van der Waals surface area contributed by atoms with Crippen molar-refractivity contribution in [1.82, 2.24) is 0 Å². The highest BCUT2D eigenvalue weighted by Gasteiger charge is 2.29. The van der Waals surface area contributed by atoms with Gasteiger partial charge in [0.25, 0.3) is 0 Å². The van der Waals surface area contributed by atoms with Crippen molar-refractivity contribution < 1.29 is 15.0 Å². The van der Waals surface area contributed by atoms with Crippen LogP contribution in [0.2, 0.25) is 0 Å². The van der Waals surface area contributed by atoms with Crippen molar-refractivity contribution in [2.45, 2.75) is 19.1 Å². The van der Waals surface area contributed by atoms with Crippen LogP contribution in [0, 0.1) is 0 Å². The molecule has 50 valence electrons. The Morgan fingerprint density at radius 1 is 1.56 bits per heavy atom. The Balaban J connectivity index is 2.82. The number of rotatable bonds is 0. The molecular formula is C6H8O3. The zero-order valence-corrected chi connectivity index (χ0v) is 5.03. The van der Waals surface area contributed by atoms with Gasteiger partial charge in [-0.25, -0.2) is 0 Å². The van der Waals surface area contributed by atoms with Crippen molar-refractivity contribution in [3.8, 4) is 0 Å². The zero-order valence-electron chi connectivity index (χ0n) is 5.03. The molecule has 0 aromatic heterocycles. The number of Topliss-reactive ketones (excluding diaryl/α,β-unsaturated/α-hetero) is 1. The van der Waals surface area contributed by atoms with E-state index in [0.717, 1.165) is 0 Å². The van der Waals surface area contributed by atoms with Gasteiger partial charge in [0, 0.05) is 0 Å². The van der Waals surface area contributed by atoms with E-state index >= 15 is 0 Å². The molecule has 3 heteroatoms. The van der Waals surface area contributed by atoms with Gasteiger partial charge in [-0.3, -0.25) is 4.79 Å². The maximum atomic E-state index is 10.6. The number of hydrogen-bond donors (Lipinski definition) is 2. The van der Waals surface area contributed by atoms with E-state index in [2.05, 4.69) is 0 Å². The Bertz CT molecular complexity index is 171. The van der Waals surface area contributed by atoms with Crippen molar-refractivity contribution in [2.24, 2.45) is 0 Å². The second-order valence-electron chi connectivity index (χ2n) is 2.15. The fraction of sp³-hybridized carbons (Fsp3) is 0.500. The van der Waals surface area contributed by atoms with Crippen LogP contribution in [-0.2, 0) is 4.79 Å². The summed E-state index contributed by atoms with van der Waals surface area (Å²) in [6, 6.07) is 0. The summed E-state index contributed by atoms with van der Waals surface area (Å²) in [4.78, 5) is 10.6. The maximum Gasteiger partial charge on any atom is 0.189 e. The van der Waals surface area contributed by atoms with Gasteiger partial charge >= 0.3 is 0 Å². The highest BCUT2D eigenvalue weighted by Crippen LogP contribution is 2.13. The predicted molar refractivity (Wildman–Crippen MR) is 30.8 cm³/mol. The van der Waals surface area contributed by atoms with Gasteiger partial charge in [0.15, 0.2) is 5.78 Å². The second-order valence-corrected chi connectivity index (χ2v) is 2.15. The lowest BCUT2D eigenvalue weighted by Crippen LogP contribution is -2.26. The van der Waals surface area contributed by atoms with Crippen molar-refractivity contribution >= 4 is 5.78 Å². The van der Waals surface area contributed by atoms with Crippen LogP contribution in [0.4, 0.5) is 0 Å². The van der Waals surface area contributed by atoms with Crippen LogP contribution in [0.3, 0.4) is 0 Å². The average Bonchev–Trinajstić information content (AvgIpc) is 1.98. The standard InChI is InChI=1S/C6H8O3/c1-3-2-4(7)6(9)5(3)8/h2,4,6-7,9H,1H3/t4-,6-/m1/s1. The van der Waals surface area contributed by atoms with Gasteiger partial charge < -0.3 is 10.2 Å². The van der Waals surface area contributed by atoms with Gasteiger partial charge in [-0.05, 0) is 18.6 Å². The third-order valence-corrected chi connectivity index (χ3v) is 1.40. The molecule has 0 radical (unpaired) electrons. The summed E-state index contributed by atoms with van der Waals surface area (Å²) in [5.41, 5.74) is 0.440. The van der Waals surface area contributed by atoms with Crippen LogP contribution in [0.1, 0.15) is 6.92 Å². The Morgan fingerprint density at radius 2 is 2.11 bits per heavy atom. The van der Waals surface area contributed by atoms with Crippen LogP contribution in [0.15, 0.2) is 11.6 Å². The molecule has 0 saturated heterocycles. The molecule has 0 aromatic rings. The number of carbonyl (C=O) groups is 1. The van der Waals surface area contributed by atoms with E-state index in [4.69, 9.17) is 10.2 Å². The topological polar surface area (TPSA) is 57.5 Å². The summed E-state index contributed by atoms with van der Waals surface area (Å²) in [6.07, 6.45) is -0.852. The first-order valence-electron chi connectivity index (χ1n) is 2.71. The smallest absolute Gasteiger partial charge is 0.189 e. The molecule has 0 fully saturated rings. The van der Waals surface area contributed by atoms with Gasteiger partial charge in [0.2, 0.25) is 0 Å². The molecule has 0 aromatic carbocycles. The lowest BCUT2D eigenvalue weighted by molar-refractivity contribution is -0.125. The van der Waals surface area contributed by atoms with Crippen LogP contribution in [-0.4, -0.2) is 28.2 Å². The van der Waals surface area contributed by atoms with E-state index in [9.17, 15) is 4.79 Å². The fourth-order valence-corrected chi connectivity index (χ4v) is 0.818. The second kappa shape index (κ2) is 1.93. The predicted octanol–water partition coefficient (Wildman–Crippen LogP) is -0.763. The number of hydrogen-bond acceptors (Lipinski definition) is 3. The first-order valence-corrected chi connectivity index (χ1v) is 2.71. The van der Waals surface area contributed by atoms with Gasteiger partial charge in [0.1, 0.15) is 12.2 Å². The maximum absolute atomic E-state index is 10.6. The Morgan fingerprint density at radius 3 is 2.22 bits per heavy atom. The lowest BCUT2D eigenvalue weighted by Gasteiger charge is -2.02. The SMILES string of the molecule is CC1=C[C@@H](O)[C@@H](O)C1=O. The molecule has 0 aliphatic heterocycles. The van der Waals surface area contributed by atoms with Crippen molar-refractivity contribution in [3.05, 3.63) is 11.6 Å². The van der Waals surface area contributed by atoms with Crippen molar-refractivity contribution in [2.75, 3.05) is 0 Å². The molecular weight excluding hydrogens is 120 g/mol. The molecule has 0 amide bonds. The monoisotopic (exact) mass is 128 g/mol. The third-order valence-electron chi connectivity index (χ3n) is 1.40. The number of aliphatic hydroxyl groups excluding tert-OH is 2. The minimum atomic E-state index is -1.22. The molecule has 0 bridgehead atoms. The van der Waals surface area contributed by atoms with Gasteiger partial charge in [-0.1, -0.05) is 0 Å². The van der Waals surface area contributed by atoms with Crippen LogP contribution >= 0.6 is 0 Å². The fourth-order valence-electron chi connectivity index (χ4n) is 0.818. The van der Waals surface area contributed by atoms with E-state index in [0.29, 0.717) is 5.57 Å². The Hall–Kier alpha value is -0.670. The van der Waals surface area contributed by atoms with E-state index < -0.39 is 12.2 Å². The molecule has 0 spiro atoms. The summed E-state index contributed by atoms with van der Waals surface area (Å²) in [7, 11) is 0. The summed E-state index contributed by atoms with van der Waals surface area (Å²) in [5, 5.41) is 17.6. The Kier molecular flexibility index (Phi) is 1.38. The minimum Gasteiger partial charge on any atom is -0.386 e. The molecule has 1 rings (SSSR count). The first kappa shape index (κ1) is 6.45. The number of ketones is 1. The normalized spacial score (nSPS) is 35.0. The lowest BCUT2D eigenvalue weighted by atomic mass is 10.2. The third kappa shape index (κ3) is 0.886. The highest BCUT2D eigenvalue weighted by atomic mass is 16.3. The summed E-state index contributed by atoms with van der Waals surface area (Å²) in [6.45, 7) is 1.57. The molecule has 0 heterocycles. The highest BCUT2D eigenvalue weighted by molar-refractivity contribution is 6.01. The summed E-state index contributed by atoms with van der Waals surface area (Å²) < 4.78 is 0. The molecule has 3 nitrogen and oxygen atoms in total. The van der Waals surface area contributed by atoms with Crippen molar-refractivity contribution in [1.29, 1.82) is 0 Å². The average molecular weight is 128 g/mol. The van der Waals surface area contributed by atoms with Gasteiger partial charge in [-0.15, -0.1) is 0 Å². The minimum absolute atomic E-state index is 0.373. The number of aliphatic hydroxyl groups is 2. The number of carbonyl (C=O) groups excluding carboxylic acids is 1. The van der Waals surface area contributed by atoms with Crippen LogP contribution in [0.25, 0.3) is 0 Å². The van der Waals surface area contributed by atoms with E-state index in [1.54, 1.807) is 6.92 Å². The van der Waals surface area contributed by atoms with Crippen LogP contribution < -0.4 is 0 Å². The van der Waals surface area contributed by atoms with E-state index in [1.807, 2.05) is 0 Å². The molecule has 1 aliphatic rings. The summed E-state index contributed by atoms with van der Waals surface area (Å²) >= 11 is 0. The van der Waals surface area contributed by atoms with Crippen LogP contribution in [0.5, 0.6) is 0 Å². The largest absolute Gasteiger partial charge is 0.386 e. The molecule has 2 N–H and O–H groups in total. The van der Waals surface area contributed by atoms with Gasteiger partial charge in [0.05, 0.1) is 0 Å². The van der Waals surface area contributed by atoms with E-state index in [-0.39, 0.29) is 5.78 Å². The molecule has 2 atom stereocenters. The molecule has 9 heavy (non-hydrogen) atoms. The van der Waals surface area contributed by atoms with E-state index in [1.165, 1.54) is 6.08 Å². The van der Waals surface area contributed by atoms with Gasteiger partial charge in [-0.2, -0.15) is 0 Å². The molecule has 1 aliphatic carbocycles. The zero-order chi connectivity index (χ0) is 7.02.